The van der Waals surface area contributed by atoms with Crippen molar-refractivity contribution in [2.24, 2.45) is 0 Å². The Morgan fingerprint density at radius 3 is 3.06 bits per heavy atom. The van der Waals surface area contributed by atoms with Crippen LogP contribution in [0.5, 0.6) is 0 Å². The molecule has 0 aliphatic rings. The lowest BCUT2D eigenvalue weighted by Crippen LogP contribution is -2.06. The highest BCUT2D eigenvalue weighted by atomic mass is 79.9. The molecule has 0 amide bonds. The Morgan fingerprint density at radius 1 is 1.39 bits per heavy atom. The van der Waals surface area contributed by atoms with Gasteiger partial charge in [0.15, 0.2) is 0 Å². The Balaban J connectivity index is 2.14. The molecule has 0 saturated carbocycles. The second kappa shape index (κ2) is 4.59. The first kappa shape index (κ1) is 11.5. The minimum absolute atomic E-state index is 0.703. The standard InChI is InChI=1S/C13H12BrN3O/c1-15-6-11-16-12(13(14)17-11)9-7-18-10-5-3-2-4-8(9)10/h2-5,7,15H,6H2,1H3,(H,16,17). The summed E-state index contributed by atoms with van der Waals surface area (Å²) in [4.78, 5) is 7.77. The number of hydrogen-bond donors (Lipinski definition) is 2. The summed E-state index contributed by atoms with van der Waals surface area (Å²) in [7, 11) is 1.89. The monoisotopic (exact) mass is 305 g/mol. The van der Waals surface area contributed by atoms with Gasteiger partial charge in [-0.2, -0.15) is 0 Å². The van der Waals surface area contributed by atoms with Crippen LogP contribution >= 0.6 is 15.9 Å². The van der Waals surface area contributed by atoms with Crippen LogP contribution < -0.4 is 5.32 Å². The number of H-pyrrole nitrogens is 1. The predicted molar refractivity (Wildman–Crippen MR) is 74.3 cm³/mol. The van der Waals surface area contributed by atoms with Gasteiger partial charge in [-0.15, -0.1) is 0 Å². The zero-order chi connectivity index (χ0) is 12.5. The molecule has 2 N–H and O–H groups in total. The maximum absolute atomic E-state index is 5.54. The third-order valence-corrected chi connectivity index (χ3v) is 3.36. The molecule has 0 bridgehead atoms. The van der Waals surface area contributed by atoms with Crippen LogP contribution in [0, 0.1) is 0 Å². The smallest absolute Gasteiger partial charge is 0.134 e. The molecule has 2 aromatic heterocycles. The van der Waals surface area contributed by atoms with Crippen molar-refractivity contribution in [3.63, 3.8) is 0 Å². The van der Waals surface area contributed by atoms with Gasteiger partial charge in [0, 0.05) is 10.9 Å². The van der Waals surface area contributed by atoms with E-state index in [1.165, 1.54) is 0 Å². The molecule has 1 aromatic carbocycles. The Hall–Kier alpha value is -1.59. The van der Waals surface area contributed by atoms with Crippen molar-refractivity contribution in [2.45, 2.75) is 6.54 Å². The zero-order valence-corrected chi connectivity index (χ0v) is 11.4. The molecule has 0 radical (unpaired) electrons. The molecule has 0 spiro atoms. The Labute approximate surface area is 113 Å². The molecule has 3 rings (SSSR count). The number of aromatic nitrogens is 2. The second-order valence-electron chi connectivity index (χ2n) is 4.02. The van der Waals surface area contributed by atoms with Crippen molar-refractivity contribution < 1.29 is 4.42 Å². The predicted octanol–water partition coefficient (Wildman–Crippen LogP) is 3.30. The van der Waals surface area contributed by atoms with Gasteiger partial charge in [0.1, 0.15) is 28.0 Å². The van der Waals surface area contributed by atoms with Crippen molar-refractivity contribution in [1.29, 1.82) is 0 Å². The number of nitrogens with one attached hydrogen (secondary N) is 2. The van der Waals surface area contributed by atoms with Crippen LogP contribution in [0.25, 0.3) is 22.2 Å². The van der Waals surface area contributed by atoms with E-state index in [4.69, 9.17) is 4.42 Å². The summed E-state index contributed by atoms with van der Waals surface area (Å²) < 4.78 is 6.41. The van der Waals surface area contributed by atoms with Gasteiger partial charge in [-0.25, -0.2) is 4.98 Å². The van der Waals surface area contributed by atoms with Crippen LogP contribution in [0.2, 0.25) is 0 Å². The minimum Gasteiger partial charge on any atom is -0.464 e. The number of rotatable bonds is 3. The Bertz CT molecular complexity index is 686. The van der Waals surface area contributed by atoms with E-state index in [1.807, 2.05) is 31.3 Å². The first-order valence-electron chi connectivity index (χ1n) is 5.65. The van der Waals surface area contributed by atoms with Gasteiger partial charge < -0.3 is 14.7 Å². The van der Waals surface area contributed by atoms with Gasteiger partial charge in [0.25, 0.3) is 0 Å². The van der Waals surface area contributed by atoms with Gasteiger partial charge >= 0.3 is 0 Å². The van der Waals surface area contributed by atoms with Crippen molar-refractivity contribution in [3.05, 3.63) is 41.0 Å². The molecule has 0 unspecified atom stereocenters. The normalized spacial score (nSPS) is 11.2. The molecule has 2 heterocycles. The molecule has 3 aromatic rings. The zero-order valence-electron chi connectivity index (χ0n) is 9.83. The highest BCUT2D eigenvalue weighted by Crippen LogP contribution is 2.33. The molecular weight excluding hydrogens is 294 g/mol. The van der Waals surface area contributed by atoms with E-state index in [2.05, 4.69) is 31.2 Å². The van der Waals surface area contributed by atoms with Gasteiger partial charge in [-0.3, -0.25) is 0 Å². The number of furan rings is 1. The van der Waals surface area contributed by atoms with Crippen LogP contribution in [0.4, 0.5) is 0 Å². The van der Waals surface area contributed by atoms with Crippen LogP contribution in [0.1, 0.15) is 5.82 Å². The van der Waals surface area contributed by atoms with E-state index in [9.17, 15) is 0 Å². The minimum atomic E-state index is 0.703. The summed E-state index contributed by atoms with van der Waals surface area (Å²) in [6.07, 6.45) is 1.74. The summed E-state index contributed by atoms with van der Waals surface area (Å²) in [6, 6.07) is 7.94. The first-order valence-corrected chi connectivity index (χ1v) is 6.44. The number of hydrogen-bond acceptors (Lipinski definition) is 3. The van der Waals surface area contributed by atoms with Crippen molar-refractivity contribution in [3.8, 4) is 11.3 Å². The molecule has 0 aliphatic carbocycles. The summed E-state index contributed by atoms with van der Waals surface area (Å²) in [5.74, 6) is 0.893. The van der Waals surface area contributed by atoms with Crippen LogP contribution in [-0.4, -0.2) is 17.0 Å². The fraction of sp³-hybridized carbons (Fsp3) is 0.154. The topological polar surface area (TPSA) is 53.9 Å². The lowest BCUT2D eigenvalue weighted by atomic mass is 10.1. The summed E-state index contributed by atoms with van der Waals surface area (Å²) >= 11 is 3.51. The highest BCUT2D eigenvalue weighted by molar-refractivity contribution is 9.10. The summed E-state index contributed by atoms with van der Waals surface area (Å²) in [6.45, 7) is 0.703. The molecule has 18 heavy (non-hydrogen) atoms. The molecular formula is C13H12BrN3O. The summed E-state index contributed by atoms with van der Waals surface area (Å²) in [5, 5.41) is 4.14. The average molecular weight is 306 g/mol. The van der Waals surface area contributed by atoms with Crippen molar-refractivity contribution >= 4 is 26.9 Å². The SMILES string of the molecule is CNCc1nc(-c2coc3ccccc23)c(Br)[nH]1. The second-order valence-corrected chi connectivity index (χ2v) is 4.81. The third-order valence-electron chi connectivity index (χ3n) is 2.79. The van der Waals surface area contributed by atoms with Crippen LogP contribution in [0.15, 0.2) is 39.5 Å². The molecule has 0 fully saturated rings. The van der Waals surface area contributed by atoms with Gasteiger partial charge in [0.05, 0.1) is 6.54 Å². The number of fused-ring (bicyclic) bond motifs is 1. The van der Waals surface area contributed by atoms with Crippen molar-refractivity contribution in [1.82, 2.24) is 15.3 Å². The number of para-hydroxylation sites is 1. The number of nitrogens with zero attached hydrogens (tertiary/aromatic N) is 1. The van der Waals surface area contributed by atoms with Crippen molar-refractivity contribution in [2.75, 3.05) is 7.05 Å². The Morgan fingerprint density at radius 2 is 2.22 bits per heavy atom. The van der Waals surface area contributed by atoms with Crippen LogP contribution in [-0.2, 0) is 6.54 Å². The highest BCUT2D eigenvalue weighted by Gasteiger charge is 2.14. The average Bonchev–Trinajstić information content (AvgIpc) is 2.93. The maximum atomic E-state index is 5.54. The van der Waals surface area contributed by atoms with E-state index in [0.29, 0.717) is 6.54 Å². The van der Waals surface area contributed by atoms with E-state index < -0.39 is 0 Å². The van der Waals surface area contributed by atoms with Gasteiger partial charge in [-0.1, -0.05) is 18.2 Å². The number of aromatic amines is 1. The van der Waals surface area contributed by atoms with E-state index in [-0.39, 0.29) is 0 Å². The molecule has 92 valence electrons. The Kier molecular flexibility index (Phi) is 2.93. The molecule has 0 aliphatic heterocycles. The first-order chi connectivity index (χ1) is 8.79. The number of imidazole rings is 1. The molecule has 5 heteroatoms. The maximum Gasteiger partial charge on any atom is 0.134 e. The largest absolute Gasteiger partial charge is 0.464 e. The van der Waals surface area contributed by atoms with E-state index in [0.717, 1.165) is 32.7 Å². The lowest BCUT2D eigenvalue weighted by Gasteiger charge is -1.93. The fourth-order valence-corrected chi connectivity index (χ4v) is 2.52. The van der Waals surface area contributed by atoms with E-state index >= 15 is 0 Å². The third kappa shape index (κ3) is 1.85. The van der Waals surface area contributed by atoms with Gasteiger partial charge in [-0.05, 0) is 29.0 Å². The number of benzene rings is 1. The number of halogens is 1. The molecule has 0 atom stereocenters. The van der Waals surface area contributed by atoms with Crippen LogP contribution in [0.3, 0.4) is 0 Å². The molecule has 4 nitrogen and oxygen atoms in total. The fourth-order valence-electron chi connectivity index (χ4n) is 1.99. The lowest BCUT2D eigenvalue weighted by molar-refractivity contribution is 0.617. The summed E-state index contributed by atoms with van der Waals surface area (Å²) in [5.41, 5.74) is 2.75. The quantitative estimate of drug-likeness (QED) is 0.780. The molecule has 0 saturated heterocycles. The van der Waals surface area contributed by atoms with Gasteiger partial charge in [0.2, 0.25) is 0 Å². The van der Waals surface area contributed by atoms with E-state index in [1.54, 1.807) is 6.26 Å².